The van der Waals surface area contributed by atoms with Crippen LogP contribution >= 0.6 is 0 Å². The zero-order chi connectivity index (χ0) is 23.5. The first-order valence-corrected chi connectivity index (χ1v) is 13.1. The first-order valence-electron chi connectivity index (χ1n) is 11.3. The van der Waals surface area contributed by atoms with Crippen molar-refractivity contribution >= 4 is 27.6 Å². The summed E-state index contributed by atoms with van der Waals surface area (Å²) in [6.45, 7) is 3.29. The van der Waals surface area contributed by atoms with Gasteiger partial charge in [0.05, 0.1) is 18.1 Å². The van der Waals surface area contributed by atoms with Gasteiger partial charge in [0.15, 0.2) is 15.6 Å². The fourth-order valence-corrected chi connectivity index (χ4v) is 7.48. The van der Waals surface area contributed by atoms with Gasteiger partial charge >= 0.3 is 6.03 Å². The molecule has 2 fully saturated rings. The van der Waals surface area contributed by atoms with E-state index in [1.54, 1.807) is 13.0 Å². The Kier molecular flexibility index (Phi) is 5.00. The number of aryl methyl sites for hydroxylation is 2. The molecule has 8 nitrogen and oxygen atoms in total. The monoisotopic (exact) mass is 469 g/mol. The zero-order valence-electron chi connectivity index (χ0n) is 18.8. The summed E-state index contributed by atoms with van der Waals surface area (Å²) in [5, 5.41) is 2.88. The first-order chi connectivity index (χ1) is 15.6. The van der Waals surface area contributed by atoms with Gasteiger partial charge < -0.3 is 9.88 Å². The largest absolute Gasteiger partial charge is 0.344 e. The predicted octanol–water partition coefficient (Wildman–Crippen LogP) is 2.43. The maximum atomic E-state index is 13.5. The number of aromatic nitrogens is 1. The Morgan fingerprint density at radius 1 is 1.21 bits per heavy atom. The number of rotatable bonds is 4. The van der Waals surface area contributed by atoms with E-state index in [9.17, 15) is 22.8 Å². The molecule has 2 aromatic rings. The third kappa shape index (κ3) is 3.40. The van der Waals surface area contributed by atoms with Crippen molar-refractivity contribution in [1.82, 2.24) is 14.8 Å². The van der Waals surface area contributed by atoms with Gasteiger partial charge in [-0.15, -0.1) is 0 Å². The van der Waals surface area contributed by atoms with Gasteiger partial charge in [0, 0.05) is 23.0 Å². The fraction of sp³-hybridized carbons (Fsp3) is 0.458. The Hall–Kier alpha value is -2.94. The Morgan fingerprint density at radius 2 is 1.97 bits per heavy atom. The van der Waals surface area contributed by atoms with E-state index >= 15 is 0 Å². The van der Waals surface area contributed by atoms with E-state index in [0.717, 1.165) is 34.6 Å². The lowest BCUT2D eigenvalue weighted by molar-refractivity contribution is -0.131. The molecule has 33 heavy (non-hydrogen) atoms. The maximum Gasteiger partial charge on any atom is 0.325 e. The number of hydrogen-bond acceptors (Lipinski definition) is 5. The summed E-state index contributed by atoms with van der Waals surface area (Å²) in [5.41, 5.74) is 2.63. The molecule has 0 saturated carbocycles. The highest BCUT2D eigenvalue weighted by atomic mass is 32.2. The molecule has 0 radical (unpaired) electrons. The second-order valence-electron chi connectivity index (χ2n) is 9.37. The number of Topliss-reactive ketones (excluding diaryl/α,β-unsaturated/α-hetero) is 1. The van der Waals surface area contributed by atoms with E-state index in [4.69, 9.17) is 0 Å². The lowest BCUT2D eigenvalue weighted by atomic mass is 9.76. The van der Waals surface area contributed by atoms with Crippen molar-refractivity contribution in [2.45, 2.75) is 51.1 Å². The second kappa shape index (κ2) is 7.55. The lowest BCUT2D eigenvalue weighted by Crippen LogP contribution is -2.46. The molecule has 1 aromatic carbocycles. The predicted molar refractivity (Wildman–Crippen MR) is 122 cm³/mol. The molecule has 174 valence electrons. The van der Waals surface area contributed by atoms with Crippen LogP contribution in [0.15, 0.2) is 30.3 Å². The lowest BCUT2D eigenvalue weighted by Gasteiger charge is -2.33. The van der Waals surface area contributed by atoms with Crippen LogP contribution in [0, 0.1) is 13.8 Å². The first kappa shape index (κ1) is 21.9. The Labute approximate surface area is 192 Å². The topological polar surface area (TPSA) is 106 Å². The quantitative estimate of drug-likeness (QED) is 0.547. The van der Waals surface area contributed by atoms with E-state index < -0.39 is 21.4 Å². The number of hydrogen-bond donors (Lipinski definition) is 1. The number of urea groups is 1. The molecule has 3 amide bonds. The van der Waals surface area contributed by atoms with E-state index in [2.05, 4.69) is 5.32 Å². The number of nitrogens with one attached hydrogen (secondary N) is 1. The highest BCUT2D eigenvalue weighted by Crippen LogP contribution is 2.40. The number of imide groups is 1. The fourth-order valence-electron chi connectivity index (χ4n) is 5.78. The zero-order valence-corrected chi connectivity index (χ0v) is 19.6. The van der Waals surface area contributed by atoms with Crippen LogP contribution in [-0.4, -0.2) is 53.7 Å². The van der Waals surface area contributed by atoms with Crippen LogP contribution in [0.4, 0.5) is 4.79 Å². The van der Waals surface area contributed by atoms with E-state index in [1.165, 1.54) is 0 Å². The minimum absolute atomic E-state index is 0.0614. The highest BCUT2D eigenvalue weighted by molar-refractivity contribution is 7.91. The van der Waals surface area contributed by atoms with E-state index in [1.807, 2.05) is 35.8 Å². The minimum atomic E-state index is -3.07. The molecule has 1 N–H and O–H groups in total. The number of nitrogens with zero attached hydrogens (tertiary/aromatic N) is 2. The van der Waals surface area contributed by atoms with Gasteiger partial charge in [-0.3, -0.25) is 14.5 Å². The summed E-state index contributed by atoms with van der Waals surface area (Å²) < 4.78 is 25.8. The molecule has 9 heteroatoms. The number of sulfone groups is 1. The van der Waals surface area contributed by atoms with Crippen LogP contribution in [0.25, 0.3) is 0 Å². The second-order valence-corrected chi connectivity index (χ2v) is 11.6. The van der Waals surface area contributed by atoms with Crippen LogP contribution in [-0.2, 0) is 26.6 Å². The number of benzene rings is 1. The summed E-state index contributed by atoms with van der Waals surface area (Å²) >= 11 is 0. The van der Waals surface area contributed by atoms with Crippen LogP contribution < -0.4 is 5.32 Å². The van der Waals surface area contributed by atoms with Crippen molar-refractivity contribution in [2.24, 2.45) is 0 Å². The van der Waals surface area contributed by atoms with Crippen LogP contribution in [0.5, 0.6) is 0 Å². The molecule has 3 heterocycles. The average Bonchev–Trinajstić information content (AvgIpc) is 3.35. The summed E-state index contributed by atoms with van der Waals surface area (Å²) in [7, 11) is -3.07. The third-order valence-electron chi connectivity index (χ3n) is 7.31. The van der Waals surface area contributed by atoms with Crippen molar-refractivity contribution in [3.05, 3.63) is 58.4 Å². The number of carbonyl (C=O) groups is 3. The van der Waals surface area contributed by atoms with Gasteiger partial charge in [-0.25, -0.2) is 13.2 Å². The number of ketones is 1. The summed E-state index contributed by atoms with van der Waals surface area (Å²) in [6, 6.07) is 8.61. The van der Waals surface area contributed by atoms with E-state index in [0.29, 0.717) is 24.1 Å². The van der Waals surface area contributed by atoms with Crippen LogP contribution in [0.2, 0.25) is 0 Å². The smallest absolute Gasteiger partial charge is 0.325 e. The molecule has 5 rings (SSSR count). The molecule has 1 aromatic heterocycles. The molecule has 2 atom stereocenters. The molecule has 0 unspecified atom stereocenters. The summed E-state index contributed by atoms with van der Waals surface area (Å²) in [4.78, 5) is 40.6. The molecule has 2 saturated heterocycles. The molecule has 1 aliphatic carbocycles. The highest BCUT2D eigenvalue weighted by Gasteiger charge is 2.54. The van der Waals surface area contributed by atoms with E-state index in [-0.39, 0.29) is 35.8 Å². The van der Waals surface area contributed by atoms with Crippen LogP contribution in [0.3, 0.4) is 0 Å². The van der Waals surface area contributed by atoms with Crippen molar-refractivity contribution < 1.29 is 22.8 Å². The maximum absolute atomic E-state index is 13.5. The number of fused-ring (bicyclic) bond motifs is 2. The third-order valence-corrected chi connectivity index (χ3v) is 9.06. The van der Waals surface area contributed by atoms with Gasteiger partial charge in [-0.1, -0.05) is 24.3 Å². The Bertz CT molecular complexity index is 1300. The van der Waals surface area contributed by atoms with Gasteiger partial charge in [0.1, 0.15) is 5.54 Å². The minimum Gasteiger partial charge on any atom is -0.344 e. The molecular formula is C24H27N3O5S. The summed E-state index contributed by atoms with van der Waals surface area (Å²) in [6.07, 6.45) is 2.64. The molecule has 3 aliphatic rings. The number of amides is 3. The van der Waals surface area contributed by atoms with Crippen molar-refractivity contribution in [1.29, 1.82) is 0 Å². The normalized spacial score (nSPS) is 26.0. The van der Waals surface area contributed by atoms with Crippen molar-refractivity contribution in [3.8, 4) is 0 Å². The standard InChI is InChI=1S/C24H27N3O5S/c1-15-12-19(16(2)27(15)18-9-11-33(31,32)14-18)21(28)13-26-22(29)24(25-23(26)30)10-5-7-17-6-3-4-8-20(17)24/h3-4,6,8,12,18H,5,7,9-11,13-14H2,1-2H3,(H,25,30)/t18-,24+/m0/s1. The summed E-state index contributed by atoms with van der Waals surface area (Å²) in [5.74, 6) is -0.515. The average molecular weight is 470 g/mol. The molecular weight excluding hydrogens is 442 g/mol. The molecule has 0 bridgehead atoms. The Morgan fingerprint density at radius 3 is 2.70 bits per heavy atom. The SMILES string of the molecule is Cc1cc(C(=O)CN2C(=O)N[C@@]3(CCCc4ccccc43)C2=O)c(C)n1[C@H]1CCS(=O)(=O)C1. The van der Waals surface area contributed by atoms with Crippen molar-refractivity contribution in [2.75, 3.05) is 18.1 Å². The van der Waals surface area contributed by atoms with Gasteiger partial charge in [0.2, 0.25) is 0 Å². The molecule has 1 spiro atoms. The number of carbonyl (C=O) groups excluding carboxylic acids is 3. The van der Waals surface area contributed by atoms with Gasteiger partial charge in [-0.05, 0) is 56.7 Å². The van der Waals surface area contributed by atoms with Gasteiger partial charge in [-0.2, -0.15) is 0 Å². The molecule has 2 aliphatic heterocycles. The Balaban J connectivity index is 1.41. The van der Waals surface area contributed by atoms with Crippen molar-refractivity contribution in [3.63, 3.8) is 0 Å². The van der Waals surface area contributed by atoms with Gasteiger partial charge in [0.25, 0.3) is 5.91 Å². The van der Waals surface area contributed by atoms with Crippen LogP contribution in [0.1, 0.15) is 58.2 Å².